The molecule has 0 unspecified atom stereocenters. The summed E-state index contributed by atoms with van der Waals surface area (Å²) < 4.78 is 0.982. The maximum Gasteiger partial charge on any atom is 0.238 e. The van der Waals surface area contributed by atoms with E-state index in [-0.39, 0.29) is 5.91 Å². The van der Waals surface area contributed by atoms with Crippen molar-refractivity contribution in [3.8, 4) is 0 Å². The highest BCUT2D eigenvalue weighted by Gasteiger charge is 2.17. The number of benzene rings is 1. The number of nitrogens with zero attached hydrogens (tertiary/aromatic N) is 2. The molecule has 2 rings (SSSR count). The third-order valence-electron chi connectivity index (χ3n) is 3.05. The molecule has 0 spiro atoms. The number of carbonyl (C=O) groups is 2. The fourth-order valence-electron chi connectivity index (χ4n) is 1.96. The minimum Gasteiger partial charge on any atom is -0.343 e. The van der Waals surface area contributed by atoms with Crippen LogP contribution in [-0.2, 0) is 9.59 Å². The lowest BCUT2D eigenvalue weighted by atomic mass is 10.3. The van der Waals surface area contributed by atoms with Crippen molar-refractivity contribution in [1.29, 1.82) is 0 Å². The number of amides is 2. The molecule has 2 amide bonds. The van der Waals surface area contributed by atoms with Crippen LogP contribution >= 0.6 is 15.9 Å². The van der Waals surface area contributed by atoms with Gasteiger partial charge >= 0.3 is 0 Å². The normalized spacial score (nSPS) is 16.2. The van der Waals surface area contributed by atoms with Crippen molar-refractivity contribution in [2.75, 3.05) is 38.0 Å². The molecular formula is C13H16BrN3O2. The van der Waals surface area contributed by atoms with Crippen LogP contribution in [0.2, 0.25) is 0 Å². The molecule has 1 heterocycles. The minimum atomic E-state index is -0.0260. The van der Waals surface area contributed by atoms with E-state index in [1.54, 1.807) is 4.90 Å². The molecule has 5 nitrogen and oxygen atoms in total. The van der Waals surface area contributed by atoms with Crippen LogP contribution in [0.25, 0.3) is 0 Å². The van der Waals surface area contributed by atoms with Gasteiger partial charge < -0.3 is 10.2 Å². The van der Waals surface area contributed by atoms with Crippen LogP contribution in [0.4, 0.5) is 5.69 Å². The number of hydrogen-bond donors (Lipinski definition) is 1. The van der Waals surface area contributed by atoms with E-state index in [1.165, 1.54) is 0 Å². The van der Waals surface area contributed by atoms with E-state index in [9.17, 15) is 9.59 Å². The van der Waals surface area contributed by atoms with E-state index in [0.29, 0.717) is 19.6 Å². The zero-order valence-electron chi connectivity index (χ0n) is 10.5. The van der Waals surface area contributed by atoms with Crippen molar-refractivity contribution < 1.29 is 9.59 Å². The van der Waals surface area contributed by atoms with Gasteiger partial charge in [0.2, 0.25) is 12.3 Å². The van der Waals surface area contributed by atoms with Gasteiger partial charge in [-0.2, -0.15) is 0 Å². The Morgan fingerprint density at radius 1 is 1.21 bits per heavy atom. The number of carbonyl (C=O) groups excluding carboxylic acids is 2. The van der Waals surface area contributed by atoms with Gasteiger partial charge in [-0.3, -0.25) is 14.5 Å². The molecule has 1 N–H and O–H groups in total. The number of anilines is 1. The van der Waals surface area contributed by atoms with Crippen molar-refractivity contribution in [2.45, 2.75) is 0 Å². The maximum absolute atomic E-state index is 11.9. The third kappa shape index (κ3) is 4.33. The van der Waals surface area contributed by atoms with Gasteiger partial charge in [-0.05, 0) is 24.3 Å². The summed E-state index contributed by atoms with van der Waals surface area (Å²) in [6.07, 6.45) is 0.860. The second kappa shape index (κ2) is 6.68. The Bertz CT molecular complexity index is 442. The Morgan fingerprint density at radius 3 is 2.42 bits per heavy atom. The van der Waals surface area contributed by atoms with Crippen molar-refractivity contribution in [3.63, 3.8) is 0 Å². The van der Waals surface area contributed by atoms with Crippen LogP contribution in [-0.4, -0.2) is 54.8 Å². The Morgan fingerprint density at radius 2 is 1.84 bits per heavy atom. The zero-order chi connectivity index (χ0) is 13.7. The first-order valence-electron chi connectivity index (χ1n) is 6.14. The topological polar surface area (TPSA) is 52.7 Å². The lowest BCUT2D eigenvalue weighted by Crippen LogP contribution is -2.48. The van der Waals surface area contributed by atoms with Gasteiger partial charge in [-0.15, -0.1) is 0 Å². The summed E-state index contributed by atoms with van der Waals surface area (Å²) in [7, 11) is 0. The van der Waals surface area contributed by atoms with Gasteiger partial charge in [0, 0.05) is 36.3 Å². The van der Waals surface area contributed by atoms with Crippen LogP contribution in [0.15, 0.2) is 28.7 Å². The van der Waals surface area contributed by atoms with Crippen LogP contribution in [0.3, 0.4) is 0 Å². The molecule has 102 valence electrons. The molecule has 1 aliphatic rings. The highest BCUT2D eigenvalue weighted by molar-refractivity contribution is 9.10. The van der Waals surface area contributed by atoms with Gasteiger partial charge in [0.25, 0.3) is 0 Å². The average molecular weight is 326 g/mol. The predicted molar refractivity (Wildman–Crippen MR) is 76.8 cm³/mol. The Hall–Kier alpha value is -1.40. The van der Waals surface area contributed by atoms with Crippen LogP contribution in [0, 0.1) is 0 Å². The van der Waals surface area contributed by atoms with Crippen LogP contribution < -0.4 is 5.32 Å². The molecule has 1 aromatic rings. The van der Waals surface area contributed by atoms with E-state index >= 15 is 0 Å². The van der Waals surface area contributed by atoms with Crippen molar-refractivity contribution in [2.24, 2.45) is 0 Å². The first kappa shape index (κ1) is 14.0. The van der Waals surface area contributed by atoms with Crippen molar-refractivity contribution in [3.05, 3.63) is 28.7 Å². The van der Waals surface area contributed by atoms with Crippen molar-refractivity contribution in [1.82, 2.24) is 9.80 Å². The highest BCUT2D eigenvalue weighted by Crippen LogP contribution is 2.14. The van der Waals surface area contributed by atoms with Gasteiger partial charge in [-0.1, -0.05) is 15.9 Å². The number of halogens is 1. The number of nitrogens with one attached hydrogen (secondary N) is 1. The zero-order valence-corrected chi connectivity index (χ0v) is 12.1. The van der Waals surface area contributed by atoms with Gasteiger partial charge in [0.05, 0.1) is 6.54 Å². The predicted octanol–water partition coefficient (Wildman–Crippen LogP) is 1.16. The van der Waals surface area contributed by atoms with Gasteiger partial charge in [0.1, 0.15) is 0 Å². The molecule has 1 aromatic carbocycles. The number of piperazine rings is 1. The van der Waals surface area contributed by atoms with E-state index in [1.807, 2.05) is 29.2 Å². The Balaban J connectivity index is 1.78. The summed E-state index contributed by atoms with van der Waals surface area (Å²) in [4.78, 5) is 26.2. The Labute approximate surface area is 120 Å². The molecule has 0 aliphatic carbocycles. The second-order valence-electron chi connectivity index (χ2n) is 4.47. The minimum absolute atomic E-state index is 0.0260. The Kier molecular flexibility index (Phi) is 4.93. The highest BCUT2D eigenvalue weighted by atomic mass is 79.9. The lowest BCUT2D eigenvalue weighted by molar-refractivity contribution is -0.120. The van der Waals surface area contributed by atoms with E-state index in [0.717, 1.165) is 29.7 Å². The smallest absolute Gasteiger partial charge is 0.238 e. The lowest BCUT2D eigenvalue weighted by Gasteiger charge is -2.31. The van der Waals surface area contributed by atoms with E-state index in [2.05, 4.69) is 21.2 Å². The molecule has 1 saturated heterocycles. The van der Waals surface area contributed by atoms with Crippen LogP contribution in [0.1, 0.15) is 0 Å². The maximum atomic E-state index is 11.9. The second-order valence-corrected chi connectivity index (χ2v) is 5.39. The average Bonchev–Trinajstić information content (AvgIpc) is 2.42. The summed E-state index contributed by atoms with van der Waals surface area (Å²) >= 11 is 3.35. The van der Waals surface area contributed by atoms with Gasteiger partial charge in [-0.25, -0.2) is 0 Å². The third-order valence-corrected chi connectivity index (χ3v) is 3.58. The quantitative estimate of drug-likeness (QED) is 0.845. The first-order valence-corrected chi connectivity index (χ1v) is 6.94. The van der Waals surface area contributed by atoms with Crippen LogP contribution in [0.5, 0.6) is 0 Å². The molecular weight excluding hydrogens is 310 g/mol. The molecule has 0 aromatic heterocycles. The van der Waals surface area contributed by atoms with E-state index < -0.39 is 0 Å². The fourth-order valence-corrected chi connectivity index (χ4v) is 2.23. The summed E-state index contributed by atoms with van der Waals surface area (Å²) in [5.74, 6) is -0.0260. The number of rotatable bonds is 4. The first-order chi connectivity index (χ1) is 9.17. The van der Waals surface area contributed by atoms with Crippen molar-refractivity contribution >= 4 is 33.9 Å². The molecule has 6 heteroatoms. The fraction of sp³-hybridized carbons (Fsp3) is 0.385. The summed E-state index contributed by atoms with van der Waals surface area (Å²) in [6.45, 7) is 3.23. The molecule has 0 radical (unpaired) electrons. The monoisotopic (exact) mass is 325 g/mol. The molecule has 19 heavy (non-hydrogen) atoms. The standard InChI is InChI=1S/C13H16BrN3O2/c14-11-1-3-12(4-2-11)15-13(19)9-16-5-7-17(10-18)8-6-16/h1-4,10H,5-9H2,(H,15,19). The molecule has 0 saturated carbocycles. The SMILES string of the molecule is O=CN1CCN(CC(=O)Nc2ccc(Br)cc2)CC1. The molecule has 1 fully saturated rings. The molecule has 1 aliphatic heterocycles. The largest absolute Gasteiger partial charge is 0.343 e. The van der Waals surface area contributed by atoms with Gasteiger partial charge in [0.15, 0.2) is 0 Å². The summed E-state index contributed by atoms with van der Waals surface area (Å²) in [5, 5.41) is 2.86. The molecule has 0 atom stereocenters. The summed E-state index contributed by atoms with van der Waals surface area (Å²) in [5.41, 5.74) is 0.791. The molecule has 0 bridgehead atoms. The van der Waals surface area contributed by atoms with E-state index in [4.69, 9.17) is 0 Å². The number of hydrogen-bond acceptors (Lipinski definition) is 3. The summed E-state index contributed by atoms with van der Waals surface area (Å²) in [6, 6.07) is 7.48.